The lowest BCUT2D eigenvalue weighted by molar-refractivity contribution is 0.391. The smallest absolute Gasteiger partial charge is 0.138 e. The molecule has 0 radical (unpaired) electrons. The lowest BCUT2D eigenvalue weighted by Crippen LogP contribution is -2.13. The summed E-state index contributed by atoms with van der Waals surface area (Å²) in [4.78, 5) is 0. The molecule has 0 saturated heterocycles. The number of hydrogen-bond donors (Lipinski definition) is 1. The van der Waals surface area contributed by atoms with Gasteiger partial charge in [0.2, 0.25) is 0 Å². The number of ether oxygens (including phenoxy) is 2. The Balaban J connectivity index is 2.00. The van der Waals surface area contributed by atoms with Gasteiger partial charge in [0.1, 0.15) is 17.3 Å². The normalized spacial score (nSPS) is 10.6. The average Bonchev–Trinajstić information content (AvgIpc) is 2.78. The predicted octanol–water partition coefficient (Wildman–Crippen LogP) is 2.60. The number of aromatic nitrogens is 1. The van der Waals surface area contributed by atoms with Crippen LogP contribution in [0.1, 0.15) is 22.6 Å². The fourth-order valence-corrected chi connectivity index (χ4v) is 2.05. The minimum absolute atomic E-state index is 0.720. The van der Waals surface area contributed by atoms with Gasteiger partial charge in [-0.3, -0.25) is 0 Å². The van der Waals surface area contributed by atoms with E-state index in [4.69, 9.17) is 14.0 Å². The lowest BCUT2D eigenvalue weighted by Gasteiger charge is -2.09. The van der Waals surface area contributed by atoms with Gasteiger partial charge in [-0.2, -0.15) is 0 Å². The standard InChI is InChI=1S/C15H20N2O3/c1-10-15(11(2)20-17-10)9-16-8-12-5-13(18-3)7-14(6-12)19-4/h5-7,16H,8-9H2,1-4H3. The topological polar surface area (TPSA) is 56.5 Å². The first kappa shape index (κ1) is 14.4. The van der Waals surface area contributed by atoms with Gasteiger partial charge >= 0.3 is 0 Å². The molecule has 2 rings (SSSR count). The van der Waals surface area contributed by atoms with Gasteiger partial charge in [0.15, 0.2) is 0 Å². The van der Waals surface area contributed by atoms with Crippen LogP contribution in [0, 0.1) is 13.8 Å². The third kappa shape index (κ3) is 3.30. The van der Waals surface area contributed by atoms with Crippen molar-refractivity contribution in [1.82, 2.24) is 10.5 Å². The van der Waals surface area contributed by atoms with E-state index in [1.807, 2.05) is 32.0 Å². The molecule has 0 saturated carbocycles. The molecule has 0 bridgehead atoms. The Labute approximate surface area is 118 Å². The van der Waals surface area contributed by atoms with Gasteiger partial charge in [-0.15, -0.1) is 0 Å². The van der Waals surface area contributed by atoms with Gasteiger partial charge in [0.05, 0.1) is 19.9 Å². The monoisotopic (exact) mass is 276 g/mol. The summed E-state index contributed by atoms with van der Waals surface area (Å²) in [5.41, 5.74) is 3.14. The zero-order valence-corrected chi connectivity index (χ0v) is 12.3. The van der Waals surface area contributed by atoms with Crippen molar-refractivity contribution < 1.29 is 14.0 Å². The first-order valence-corrected chi connectivity index (χ1v) is 6.48. The van der Waals surface area contributed by atoms with Crippen LogP contribution in [0.15, 0.2) is 22.7 Å². The van der Waals surface area contributed by atoms with E-state index in [1.54, 1.807) is 14.2 Å². The van der Waals surface area contributed by atoms with Crippen LogP contribution in [0.3, 0.4) is 0 Å². The highest BCUT2D eigenvalue weighted by molar-refractivity contribution is 5.38. The molecule has 108 valence electrons. The average molecular weight is 276 g/mol. The van der Waals surface area contributed by atoms with Crippen LogP contribution in [0.2, 0.25) is 0 Å². The van der Waals surface area contributed by atoms with E-state index in [-0.39, 0.29) is 0 Å². The van der Waals surface area contributed by atoms with Crippen LogP contribution in [-0.2, 0) is 13.1 Å². The van der Waals surface area contributed by atoms with Crippen LogP contribution in [0.5, 0.6) is 11.5 Å². The molecule has 0 aliphatic carbocycles. The summed E-state index contributed by atoms with van der Waals surface area (Å²) in [5.74, 6) is 2.44. The Morgan fingerprint density at radius 3 is 2.20 bits per heavy atom. The number of hydrogen-bond acceptors (Lipinski definition) is 5. The number of aryl methyl sites for hydroxylation is 2. The molecule has 0 unspecified atom stereocenters. The molecule has 1 aromatic carbocycles. The molecule has 5 nitrogen and oxygen atoms in total. The van der Waals surface area contributed by atoms with E-state index in [0.29, 0.717) is 0 Å². The second kappa shape index (κ2) is 6.43. The third-order valence-electron chi connectivity index (χ3n) is 3.22. The molecule has 0 aliphatic rings. The van der Waals surface area contributed by atoms with Gasteiger partial charge in [-0.05, 0) is 31.5 Å². The molecular formula is C15H20N2O3. The highest BCUT2D eigenvalue weighted by Gasteiger charge is 2.08. The summed E-state index contributed by atoms with van der Waals surface area (Å²) < 4.78 is 15.7. The van der Waals surface area contributed by atoms with Gasteiger partial charge in [0, 0.05) is 24.7 Å². The number of methoxy groups -OCH3 is 2. The van der Waals surface area contributed by atoms with Crippen LogP contribution in [0.4, 0.5) is 0 Å². The van der Waals surface area contributed by atoms with Crippen molar-refractivity contribution in [3.63, 3.8) is 0 Å². The molecule has 0 fully saturated rings. The maximum Gasteiger partial charge on any atom is 0.138 e. The van der Waals surface area contributed by atoms with E-state index in [1.165, 1.54) is 0 Å². The summed E-state index contributed by atoms with van der Waals surface area (Å²) in [6.07, 6.45) is 0. The quantitative estimate of drug-likeness (QED) is 0.879. The summed E-state index contributed by atoms with van der Waals surface area (Å²) in [6.45, 7) is 5.31. The third-order valence-corrected chi connectivity index (χ3v) is 3.22. The Bertz CT molecular complexity index is 537. The zero-order chi connectivity index (χ0) is 14.5. The van der Waals surface area contributed by atoms with Gasteiger partial charge in [0.25, 0.3) is 0 Å². The summed E-state index contributed by atoms with van der Waals surface area (Å²) >= 11 is 0. The van der Waals surface area contributed by atoms with E-state index in [0.717, 1.165) is 47.2 Å². The van der Waals surface area contributed by atoms with Crippen molar-refractivity contribution in [2.75, 3.05) is 14.2 Å². The first-order chi connectivity index (χ1) is 9.63. The van der Waals surface area contributed by atoms with Crippen LogP contribution in [-0.4, -0.2) is 19.4 Å². The van der Waals surface area contributed by atoms with E-state index in [2.05, 4.69) is 10.5 Å². The maximum atomic E-state index is 5.26. The van der Waals surface area contributed by atoms with Crippen molar-refractivity contribution in [3.05, 3.63) is 40.8 Å². The molecule has 5 heteroatoms. The van der Waals surface area contributed by atoms with E-state index in [9.17, 15) is 0 Å². The van der Waals surface area contributed by atoms with Crippen molar-refractivity contribution >= 4 is 0 Å². The molecule has 20 heavy (non-hydrogen) atoms. The highest BCUT2D eigenvalue weighted by atomic mass is 16.5. The molecular weight excluding hydrogens is 256 g/mol. The minimum Gasteiger partial charge on any atom is -0.497 e. The number of nitrogens with zero attached hydrogens (tertiary/aromatic N) is 1. The second-order valence-electron chi connectivity index (χ2n) is 4.63. The van der Waals surface area contributed by atoms with E-state index < -0.39 is 0 Å². The molecule has 1 N–H and O–H groups in total. The van der Waals surface area contributed by atoms with Gasteiger partial charge in [-0.1, -0.05) is 5.16 Å². The Morgan fingerprint density at radius 2 is 1.70 bits per heavy atom. The largest absolute Gasteiger partial charge is 0.497 e. The molecule has 0 atom stereocenters. The molecule has 1 aromatic heterocycles. The summed E-state index contributed by atoms with van der Waals surface area (Å²) in [5, 5.41) is 7.32. The molecule has 1 heterocycles. The van der Waals surface area contributed by atoms with Gasteiger partial charge < -0.3 is 19.3 Å². The van der Waals surface area contributed by atoms with Crippen molar-refractivity contribution in [3.8, 4) is 11.5 Å². The SMILES string of the molecule is COc1cc(CNCc2c(C)noc2C)cc(OC)c1. The van der Waals surface area contributed by atoms with Crippen molar-refractivity contribution in [1.29, 1.82) is 0 Å². The van der Waals surface area contributed by atoms with Crippen LogP contribution < -0.4 is 14.8 Å². The molecule has 0 amide bonds. The zero-order valence-electron chi connectivity index (χ0n) is 12.3. The first-order valence-electron chi connectivity index (χ1n) is 6.48. The Hall–Kier alpha value is -2.01. The van der Waals surface area contributed by atoms with Crippen LogP contribution in [0.25, 0.3) is 0 Å². The number of rotatable bonds is 6. The fourth-order valence-electron chi connectivity index (χ4n) is 2.05. The fraction of sp³-hybridized carbons (Fsp3) is 0.400. The lowest BCUT2D eigenvalue weighted by atomic mass is 10.1. The minimum atomic E-state index is 0.720. The Morgan fingerprint density at radius 1 is 1.05 bits per heavy atom. The van der Waals surface area contributed by atoms with E-state index >= 15 is 0 Å². The van der Waals surface area contributed by atoms with Gasteiger partial charge in [-0.25, -0.2) is 0 Å². The molecule has 0 aliphatic heterocycles. The van der Waals surface area contributed by atoms with Crippen molar-refractivity contribution in [2.45, 2.75) is 26.9 Å². The summed E-state index contributed by atoms with van der Waals surface area (Å²) in [7, 11) is 3.30. The number of nitrogens with one attached hydrogen (secondary N) is 1. The van der Waals surface area contributed by atoms with Crippen LogP contribution >= 0.6 is 0 Å². The summed E-state index contributed by atoms with van der Waals surface area (Å²) in [6, 6.07) is 5.84. The molecule has 2 aromatic rings. The number of benzene rings is 1. The maximum absolute atomic E-state index is 5.26. The van der Waals surface area contributed by atoms with Crippen molar-refractivity contribution in [2.24, 2.45) is 0 Å². The highest BCUT2D eigenvalue weighted by Crippen LogP contribution is 2.22. The predicted molar refractivity (Wildman–Crippen MR) is 76.1 cm³/mol. The Kier molecular flexibility index (Phi) is 4.63. The second-order valence-corrected chi connectivity index (χ2v) is 4.63. The molecule has 0 spiro atoms.